The molecule has 1 aromatic heterocycles. The Morgan fingerprint density at radius 2 is 1.93 bits per heavy atom. The highest BCUT2D eigenvalue weighted by Crippen LogP contribution is 2.18. The fraction of sp³-hybridized carbons (Fsp3) is 0. The van der Waals surface area contributed by atoms with E-state index in [0.29, 0.717) is 11.4 Å². The van der Waals surface area contributed by atoms with Crippen LogP contribution in [0.2, 0.25) is 0 Å². The second-order valence-electron chi connectivity index (χ2n) is 3.12. The second kappa shape index (κ2) is 3.96. The Morgan fingerprint density at radius 1 is 1.13 bits per heavy atom. The molecule has 0 radical (unpaired) electrons. The van der Waals surface area contributed by atoms with Crippen molar-refractivity contribution in [2.24, 2.45) is 0 Å². The molecule has 0 aliphatic heterocycles. The third-order valence-electron chi connectivity index (χ3n) is 1.90. The summed E-state index contributed by atoms with van der Waals surface area (Å²) in [6.07, 6.45) is 1.41. The summed E-state index contributed by atoms with van der Waals surface area (Å²) in [6, 6.07) is 10.3. The van der Waals surface area contributed by atoms with Crippen LogP contribution < -0.4 is 11.1 Å². The first-order valence-corrected chi connectivity index (χ1v) is 4.48. The molecule has 0 aliphatic carbocycles. The maximum atomic E-state index is 12.8. The molecule has 4 heteroatoms. The number of aromatic nitrogens is 1. The predicted octanol–water partition coefficient (Wildman–Crippen LogP) is 2.55. The van der Waals surface area contributed by atoms with Crippen molar-refractivity contribution in [3.63, 3.8) is 0 Å². The van der Waals surface area contributed by atoms with Crippen molar-refractivity contribution < 1.29 is 4.39 Å². The monoisotopic (exact) mass is 203 g/mol. The number of nitrogens with two attached hydrogens (primary N) is 1. The Bertz CT molecular complexity index is 427. The quantitative estimate of drug-likeness (QED) is 0.582. The molecule has 76 valence electrons. The molecule has 0 amide bonds. The van der Waals surface area contributed by atoms with Gasteiger partial charge in [-0.1, -0.05) is 6.07 Å². The predicted molar refractivity (Wildman–Crippen MR) is 58.3 cm³/mol. The van der Waals surface area contributed by atoms with Gasteiger partial charge in [0, 0.05) is 29.3 Å². The third-order valence-corrected chi connectivity index (χ3v) is 1.90. The lowest BCUT2D eigenvalue weighted by Gasteiger charge is -2.06. The average Bonchev–Trinajstić information content (AvgIpc) is 2.17. The van der Waals surface area contributed by atoms with Crippen molar-refractivity contribution in [3.05, 3.63) is 48.5 Å². The van der Waals surface area contributed by atoms with Crippen LogP contribution in [0, 0.1) is 5.95 Å². The minimum Gasteiger partial charge on any atom is -0.399 e. The third kappa shape index (κ3) is 2.43. The number of pyridine rings is 1. The Hall–Kier alpha value is -2.10. The van der Waals surface area contributed by atoms with Crippen molar-refractivity contribution >= 4 is 17.1 Å². The van der Waals surface area contributed by atoms with Crippen LogP contribution in [-0.4, -0.2) is 4.98 Å². The lowest BCUT2D eigenvalue weighted by Crippen LogP contribution is -1.93. The minimum atomic E-state index is -0.510. The second-order valence-corrected chi connectivity index (χ2v) is 3.12. The van der Waals surface area contributed by atoms with Crippen molar-refractivity contribution in [1.29, 1.82) is 0 Å². The maximum absolute atomic E-state index is 12.8. The SMILES string of the molecule is Nc1cccc(Nc2ccnc(F)c2)c1. The van der Waals surface area contributed by atoms with Crippen molar-refractivity contribution in [1.82, 2.24) is 4.98 Å². The summed E-state index contributed by atoms with van der Waals surface area (Å²) in [4.78, 5) is 3.47. The number of hydrogen-bond acceptors (Lipinski definition) is 3. The van der Waals surface area contributed by atoms with Gasteiger partial charge in [0.2, 0.25) is 5.95 Å². The lowest BCUT2D eigenvalue weighted by molar-refractivity contribution is 0.584. The van der Waals surface area contributed by atoms with E-state index >= 15 is 0 Å². The first-order valence-electron chi connectivity index (χ1n) is 4.48. The van der Waals surface area contributed by atoms with Gasteiger partial charge in [-0.2, -0.15) is 4.39 Å². The van der Waals surface area contributed by atoms with E-state index < -0.39 is 5.95 Å². The molecule has 1 aromatic carbocycles. The summed E-state index contributed by atoms with van der Waals surface area (Å²) in [5, 5.41) is 3.03. The van der Waals surface area contributed by atoms with Gasteiger partial charge in [-0.25, -0.2) is 4.98 Å². The fourth-order valence-electron chi connectivity index (χ4n) is 1.26. The van der Waals surface area contributed by atoms with Crippen LogP contribution in [0.3, 0.4) is 0 Å². The standard InChI is InChI=1S/C11H10FN3/c12-11-7-10(4-5-14-11)15-9-3-1-2-8(13)6-9/h1-7H,13H2,(H,14,15). The van der Waals surface area contributed by atoms with Gasteiger partial charge in [0.25, 0.3) is 0 Å². The molecule has 0 aliphatic rings. The molecule has 0 unspecified atom stereocenters. The van der Waals surface area contributed by atoms with Gasteiger partial charge in [-0.05, 0) is 24.3 Å². The number of rotatable bonds is 2. The number of nitrogens with one attached hydrogen (secondary N) is 1. The normalized spacial score (nSPS) is 9.93. The zero-order valence-electron chi connectivity index (χ0n) is 7.94. The van der Waals surface area contributed by atoms with Crippen LogP contribution in [0.15, 0.2) is 42.6 Å². The number of hydrogen-bond donors (Lipinski definition) is 2. The summed E-state index contributed by atoms with van der Waals surface area (Å²) >= 11 is 0. The molecule has 0 bridgehead atoms. The van der Waals surface area contributed by atoms with Gasteiger partial charge in [0.05, 0.1) is 0 Å². The molecular weight excluding hydrogens is 193 g/mol. The highest BCUT2D eigenvalue weighted by molar-refractivity contribution is 5.62. The van der Waals surface area contributed by atoms with E-state index in [9.17, 15) is 4.39 Å². The average molecular weight is 203 g/mol. The molecule has 15 heavy (non-hydrogen) atoms. The van der Waals surface area contributed by atoms with Crippen molar-refractivity contribution in [2.75, 3.05) is 11.1 Å². The van der Waals surface area contributed by atoms with E-state index in [2.05, 4.69) is 10.3 Å². The number of anilines is 3. The summed E-state index contributed by atoms with van der Waals surface area (Å²) in [6.45, 7) is 0. The lowest BCUT2D eigenvalue weighted by atomic mass is 10.2. The van der Waals surface area contributed by atoms with Crippen LogP contribution in [0.5, 0.6) is 0 Å². The zero-order chi connectivity index (χ0) is 10.7. The van der Waals surface area contributed by atoms with E-state index in [0.717, 1.165) is 5.69 Å². The molecule has 2 rings (SSSR count). The number of benzene rings is 1. The molecule has 3 nitrogen and oxygen atoms in total. The summed E-state index contributed by atoms with van der Waals surface area (Å²) in [5.74, 6) is -0.510. The highest BCUT2D eigenvalue weighted by atomic mass is 19.1. The molecule has 0 spiro atoms. The van der Waals surface area contributed by atoms with Gasteiger partial charge >= 0.3 is 0 Å². The van der Waals surface area contributed by atoms with Crippen LogP contribution in [0.4, 0.5) is 21.5 Å². The smallest absolute Gasteiger partial charge is 0.214 e. The highest BCUT2D eigenvalue weighted by Gasteiger charge is 1.97. The first-order chi connectivity index (χ1) is 7.24. The fourth-order valence-corrected chi connectivity index (χ4v) is 1.26. The number of nitrogen functional groups attached to an aromatic ring is 1. The summed E-state index contributed by atoms with van der Waals surface area (Å²) < 4.78 is 12.8. The van der Waals surface area contributed by atoms with E-state index in [1.54, 1.807) is 18.2 Å². The van der Waals surface area contributed by atoms with E-state index in [1.165, 1.54) is 12.3 Å². The van der Waals surface area contributed by atoms with Crippen LogP contribution in [-0.2, 0) is 0 Å². The van der Waals surface area contributed by atoms with E-state index in [4.69, 9.17) is 5.73 Å². The largest absolute Gasteiger partial charge is 0.399 e. The van der Waals surface area contributed by atoms with Gasteiger partial charge in [-0.15, -0.1) is 0 Å². The maximum Gasteiger partial charge on any atom is 0.214 e. The van der Waals surface area contributed by atoms with Gasteiger partial charge in [-0.3, -0.25) is 0 Å². The molecule has 0 saturated heterocycles. The topological polar surface area (TPSA) is 50.9 Å². The number of halogens is 1. The summed E-state index contributed by atoms with van der Waals surface area (Å²) in [7, 11) is 0. The molecule has 0 saturated carbocycles. The Balaban J connectivity index is 2.22. The zero-order valence-corrected chi connectivity index (χ0v) is 7.94. The molecule has 1 heterocycles. The van der Waals surface area contributed by atoms with Gasteiger partial charge in [0.1, 0.15) is 0 Å². The molecule has 0 fully saturated rings. The molecular formula is C11H10FN3. The van der Waals surface area contributed by atoms with E-state index in [-0.39, 0.29) is 0 Å². The molecule has 3 N–H and O–H groups in total. The Kier molecular flexibility index (Phi) is 2.49. The van der Waals surface area contributed by atoms with E-state index in [1.807, 2.05) is 12.1 Å². The van der Waals surface area contributed by atoms with Crippen LogP contribution in [0.25, 0.3) is 0 Å². The van der Waals surface area contributed by atoms with Crippen molar-refractivity contribution in [2.45, 2.75) is 0 Å². The van der Waals surface area contributed by atoms with Gasteiger partial charge < -0.3 is 11.1 Å². The first kappa shape index (κ1) is 9.45. The van der Waals surface area contributed by atoms with Crippen LogP contribution in [0.1, 0.15) is 0 Å². The molecule has 2 aromatic rings. The Morgan fingerprint density at radius 3 is 2.67 bits per heavy atom. The van der Waals surface area contributed by atoms with Crippen LogP contribution >= 0.6 is 0 Å². The minimum absolute atomic E-state index is 0.510. The van der Waals surface area contributed by atoms with Gasteiger partial charge in [0.15, 0.2) is 0 Å². The van der Waals surface area contributed by atoms with Crippen molar-refractivity contribution in [3.8, 4) is 0 Å². The number of nitrogens with zero attached hydrogens (tertiary/aromatic N) is 1. The Labute approximate surface area is 86.8 Å². The molecule has 0 atom stereocenters. The summed E-state index contributed by atoms with van der Waals surface area (Å²) in [5.41, 5.74) is 7.74.